The van der Waals surface area contributed by atoms with E-state index in [-0.39, 0.29) is 17.5 Å². The average molecular weight is 263 g/mol. The second kappa shape index (κ2) is 4.42. The van der Waals surface area contributed by atoms with Crippen molar-refractivity contribution in [3.8, 4) is 11.5 Å². The Kier molecular flexibility index (Phi) is 2.74. The summed E-state index contributed by atoms with van der Waals surface area (Å²) in [5.41, 5.74) is 1.05. The Morgan fingerprint density at radius 3 is 2.79 bits per heavy atom. The molecule has 0 aliphatic carbocycles. The van der Waals surface area contributed by atoms with Gasteiger partial charge >= 0.3 is 0 Å². The molecule has 19 heavy (non-hydrogen) atoms. The Hall–Kier alpha value is -2.30. The van der Waals surface area contributed by atoms with Crippen LogP contribution in [0.15, 0.2) is 36.4 Å². The van der Waals surface area contributed by atoms with Gasteiger partial charge in [-0.3, -0.25) is 0 Å². The topological polar surface area (TPSA) is 41.5 Å². The molecule has 5 heteroatoms. The lowest BCUT2D eigenvalue weighted by molar-refractivity contribution is 0.338. The highest BCUT2D eigenvalue weighted by molar-refractivity contribution is 5.52. The standard InChI is InChI=1S/C14H11F2NO2/c15-8-1-4-12(11(16)5-8)17-13-7-19-14-6-9(18)2-3-10(13)14/h1-6,13,17-18H,7H2. The first-order valence-corrected chi connectivity index (χ1v) is 5.81. The zero-order valence-corrected chi connectivity index (χ0v) is 9.86. The van der Waals surface area contributed by atoms with Gasteiger partial charge in [0.2, 0.25) is 0 Å². The van der Waals surface area contributed by atoms with Crippen LogP contribution in [0.2, 0.25) is 0 Å². The van der Waals surface area contributed by atoms with E-state index in [2.05, 4.69) is 5.32 Å². The maximum absolute atomic E-state index is 13.6. The number of halogens is 2. The van der Waals surface area contributed by atoms with Crippen molar-refractivity contribution in [1.29, 1.82) is 0 Å². The number of aromatic hydroxyl groups is 1. The van der Waals surface area contributed by atoms with Crippen LogP contribution in [0.1, 0.15) is 11.6 Å². The number of anilines is 1. The summed E-state index contributed by atoms with van der Waals surface area (Å²) in [5.74, 6) is -0.573. The molecule has 1 aliphatic heterocycles. The van der Waals surface area contributed by atoms with Crippen molar-refractivity contribution >= 4 is 5.69 Å². The van der Waals surface area contributed by atoms with Crippen LogP contribution in [0.5, 0.6) is 11.5 Å². The quantitative estimate of drug-likeness (QED) is 0.874. The lowest BCUT2D eigenvalue weighted by atomic mass is 10.1. The zero-order valence-electron chi connectivity index (χ0n) is 9.86. The van der Waals surface area contributed by atoms with Crippen LogP contribution in [0.4, 0.5) is 14.5 Å². The van der Waals surface area contributed by atoms with Gasteiger partial charge in [-0.2, -0.15) is 0 Å². The summed E-state index contributed by atoms with van der Waals surface area (Å²) < 4.78 is 31.8. The zero-order chi connectivity index (χ0) is 13.4. The van der Waals surface area contributed by atoms with Gasteiger partial charge in [0, 0.05) is 17.7 Å². The summed E-state index contributed by atoms with van der Waals surface area (Å²) in [4.78, 5) is 0. The Balaban J connectivity index is 1.86. The molecule has 0 spiro atoms. The summed E-state index contributed by atoms with van der Waals surface area (Å²) in [5, 5.41) is 12.3. The second-order valence-electron chi connectivity index (χ2n) is 4.35. The first-order chi connectivity index (χ1) is 9.13. The molecule has 0 amide bonds. The molecule has 1 heterocycles. The van der Waals surface area contributed by atoms with E-state index in [1.807, 2.05) is 0 Å². The van der Waals surface area contributed by atoms with Crippen LogP contribution in [0, 0.1) is 11.6 Å². The molecule has 2 aromatic rings. The van der Waals surface area contributed by atoms with Crippen molar-refractivity contribution in [2.24, 2.45) is 0 Å². The SMILES string of the molecule is Oc1ccc2c(c1)OCC2Nc1ccc(F)cc1F. The number of phenolic OH excluding ortho intramolecular Hbond substituents is 1. The van der Waals surface area contributed by atoms with Gasteiger partial charge in [0.25, 0.3) is 0 Å². The number of phenols is 1. The van der Waals surface area contributed by atoms with E-state index in [0.29, 0.717) is 12.4 Å². The molecule has 0 saturated heterocycles. The molecular formula is C14H11F2NO2. The number of nitrogens with one attached hydrogen (secondary N) is 1. The Morgan fingerprint density at radius 1 is 1.16 bits per heavy atom. The van der Waals surface area contributed by atoms with Crippen molar-refractivity contribution in [1.82, 2.24) is 0 Å². The molecule has 3 rings (SSSR count). The fourth-order valence-corrected chi connectivity index (χ4v) is 2.11. The minimum atomic E-state index is -0.646. The van der Waals surface area contributed by atoms with Gasteiger partial charge in [-0.05, 0) is 24.3 Å². The van der Waals surface area contributed by atoms with Crippen LogP contribution in [0.25, 0.3) is 0 Å². The highest BCUT2D eigenvalue weighted by Crippen LogP contribution is 2.37. The van der Waals surface area contributed by atoms with Gasteiger partial charge in [-0.25, -0.2) is 8.78 Å². The fraction of sp³-hybridized carbons (Fsp3) is 0.143. The summed E-state index contributed by atoms with van der Waals surface area (Å²) in [6.45, 7) is 0.329. The normalized spacial score (nSPS) is 16.8. The molecule has 0 bridgehead atoms. The van der Waals surface area contributed by atoms with Crippen molar-refractivity contribution < 1.29 is 18.6 Å². The van der Waals surface area contributed by atoms with Crippen molar-refractivity contribution in [3.63, 3.8) is 0 Å². The van der Waals surface area contributed by atoms with Gasteiger partial charge in [0.1, 0.15) is 29.7 Å². The molecule has 0 radical (unpaired) electrons. The first-order valence-electron chi connectivity index (χ1n) is 5.81. The molecule has 0 saturated carbocycles. The third kappa shape index (κ3) is 2.19. The molecular weight excluding hydrogens is 252 g/mol. The number of fused-ring (bicyclic) bond motifs is 1. The van der Waals surface area contributed by atoms with Gasteiger partial charge in [0.15, 0.2) is 0 Å². The number of rotatable bonds is 2. The van der Waals surface area contributed by atoms with Gasteiger partial charge in [-0.1, -0.05) is 0 Å². The summed E-state index contributed by atoms with van der Waals surface area (Å²) in [7, 11) is 0. The van der Waals surface area contributed by atoms with Crippen LogP contribution in [-0.4, -0.2) is 11.7 Å². The molecule has 3 nitrogen and oxygen atoms in total. The molecule has 0 fully saturated rings. The van der Waals surface area contributed by atoms with Crippen molar-refractivity contribution in [2.45, 2.75) is 6.04 Å². The largest absolute Gasteiger partial charge is 0.508 e. The summed E-state index contributed by atoms with van der Waals surface area (Å²) >= 11 is 0. The monoisotopic (exact) mass is 263 g/mol. The lowest BCUT2D eigenvalue weighted by Gasteiger charge is -2.13. The minimum Gasteiger partial charge on any atom is -0.508 e. The Morgan fingerprint density at radius 2 is 2.00 bits per heavy atom. The van der Waals surface area contributed by atoms with E-state index in [4.69, 9.17) is 4.74 Å². The maximum Gasteiger partial charge on any atom is 0.149 e. The number of hydrogen-bond donors (Lipinski definition) is 2. The number of benzene rings is 2. The summed E-state index contributed by atoms with van der Waals surface area (Å²) in [6, 6.07) is 7.92. The lowest BCUT2D eigenvalue weighted by Crippen LogP contribution is -2.13. The van der Waals surface area contributed by atoms with Crippen LogP contribution in [-0.2, 0) is 0 Å². The molecule has 0 aromatic heterocycles. The maximum atomic E-state index is 13.6. The van der Waals surface area contributed by atoms with Crippen molar-refractivity contribution in [3.05, 3.63) is 53.6 Å². The fourth-order valence-electron chi connectivity index (χ4n) is 2.11. The summed E-state index contributed by atoms with van der Waals surface area (Å²) in [6.07, 6.45) is 0. The minimum absolute atomic E-state index is 0.118. The van der Waals surface area contributed by atoms with E-state index in [9.17, 15) is 13.9 Å². The van der Waals surface area contributed by atoms with E-state index >= 15 is 0 Å². The molecule has 1 atom stereocenters. The van der Waals surface area contributed by atoms with E-state index in [1.165, 1.54) is 18.2 Å². The number of ether oxygens (including phenoxy) is 1. The highest BCUT2D eigenvalue weighted by Gasteiger charge is 2.25. The first kappa shape index (κ1) is 11.8. The second-order valence-corrected chi connectivity index (χ2v) is 4.35. The van der Waals surface area contributed by atoms with Crippen LogP contribution >= 0.6 is 0 Å². The van der Waals surface area contributed by atoms with Gasteiger partial charge in [0.05, 0.1) is 11.7 Å². The molecule has 98 valence electrons. The van der Waals surface area contributed by atoms with E-state index in [0.717, 1.165) is 11.6 Å². The highest BCUT2D eigenvalue weighted by atomic mass is 19.1. The van der Waals surface area contributed by atoms with Gasteiger partial charge < -0.3 is 15.2 Å². The third-order valence-corrected chi connectivity index (χ3v) is 3.04. The molecule has 2 aromatic carbocycles. The molecule has 1 unspecified atom stereocenters. The predicted octanol–water partition coefficient (Wildman–Crippen LogP) is 3.22. The Bertz CT molecular complexity index is 631. The van der Waals surface area contributed by atoms with Crippen molar-refractivity contribution in [2.75, 3.05) is 11.9 Å². The van der Waals surface area contributed by atoms with Gasteiger partial charge in [-0.15, -0.1) is 0 Å². The van der Waals surface area contributed by atoms with Crippen LogP contribution in [0.3, 0.4) is 0 Å². The van der Waals surface area contributed by atoms with Crippen LogP contribution < -0.4 is 10.1 Å². The number of hydrogen-bond acceptors (Lipinski definition) is 3. The predicted molar refractivity (Wildman–Crippen MR) is 66.3 cm³/mol. The van der Waals surface area contributed by atoms with E-state index < -0.39 is 11.6 Å². The van der Waals surface area contributed by atoms with E-state index in [1.54, 1.807) is 12.1 Å². The average Bonchev–Trinajstić information content (AvgIpc) is 2.75. The smallest absolute Gasteiger partial charge is 0.149 e. The molecule has 2 N–H and O–H groups in total. The Labute approximate surface area is 108 Å². The third-order valence-electron chi connectivity index (χ3n) is 3.04. The molecule has 1 aliphatic rings.